The number of nitrogens with one attached hydrogen (secondary N) is 2. The summed E-state index contributed by atoms with van der Waals surface area (Å²) in [6.45, 7) is 3.30. The number of thioether (sulfide) groups is 1. The van der Waals surface area contributed by atoms with Crippen molar-refractivity contribution in [1.82, 2.24) is 19.6 Å². The second kappa shape index (κ2) is 11.5. The Kier molecular flexibility index (Phi) is 7.90. The number of nitrogens with two attached hydrogens (primary N) is 2. The Bertz CT molecular complexity index is 1530. The minimum Gasteiger partial charge on any atom is -0.477 e. The largest absolute Gasteiger partial charge is 0.477 e. The molecule has 14 nitrogen and oxygen atoms in total. The minimum atomic E-state index is -1.20. The molecule has 0 spiro atoms. The Hall–Kier alpha value is -4.15. The van der Waals surface area contributed by atoms with Crippen LogP contribution in [0.2, 0.25) is 0 Å². The van der Waals surface area contributed by atoms with E-state index in [4.69, 9.17) is 16.3 Å². The molecule has 5 heterocycles. The van der Waals surface area contributed by atoms with Crippen LogP contribution < -0.4 is 26.7 Å². The van der Waals surface area contributed by atoms with E-state index in [-0.39, 0.29) is 35.4 Å². The van der Waals surface area contributed by atoms with Gasteiger partial charge >= 0.3 is 5.97 Å². The van der Waals surface area contributed by atoms with Gasteiger partial charge in [0.1, 0.15) is 48.4 Å². The number of thiazole rings is 1. The quantitative estimate of drug-likeness (QED) is 0.0870. The molecule has 0 radical (unpaired) electrons. The number of β-lactam (4-membered cyclic amide) rings is 1. The molecule has 2 aliphatic rings. The maximum atomic E-state index is 13.2. The van der Waals surface area contributed by atoms with Gasteiger partial charge in [0.05, 0.1) is 0 Å². The third-order valence-corrected chi connectivity index (χ3v) is 8.32. The lowest BCUT2D eigenvalue weighted by Crippen LogP contribution is -2.71. The molecule has 5 rings (SSSR count). The molecular formula is C24H28N9O5S2+. The highest BCUT2D eigenvalue weighted by Crippen LogP contribution is 2.40. The van der Waals surface area contributed by atoms with Crippen LogP contribution in [-0.2, 0) is 25.8 Å². The van der Waals surface area contributed by atoms with Gasteiger partial charge in [0.15, 0.2) is 16.7 Å². The number of carbonyl (C=O) groups is 3. The summed E-state index contributed by atoms with van der Waals surface area (Å²) in [5.41, 5.74) is 12.8. The molecule has 16 heteroatoms. The molecule has 3 aromatic heterocycles. The van der Waals surface area contributed by atoms with Gasteiger partial charge in [-0.1, -0.05) is 5.16 Å². The van der Waals surface area contributed by atoms with Crippen LogP contribution >= 0.6 is 23.1 Å². The van der Waals surface area contributed by atoms with Crippen LogP contribution in [0, 0.1) is 0 Å². The third-order valence-electron chi connectivity index (χ3n) is 6.31. The number of hydrogen-bond acceptors (Lipinski definition) is 11. The summed E-state index contributed by atoms with van der Waals surface area (Å²) >= 11 is 2.52. The topological polar surface area (TPSA) is 194 Å². The Morgan fingerprint density at radius 1 is 1.38 bits per heavy atom. The molecule has 3 aromatic rings. The molecule has 0 aromatic carbocycles. The highest BCUT2D eigenvalue weighted by atomic mass is 32.2. The lowest BCUT2D eigenvalue weighted by Gasteiger charge is -2.49. The number of imidazole rings is 1. The van der Waals surface area contributed by atoms with Crippen LogP contribution in [0.1, 0.15) is 12.6 Å². The molecular weight excluding hydrogens is 558 g/mol. The van der Waals surface area contributed by atoms with Crippen molar-refractivity contribution >= 4 is 63.2 Å². The SMILES string of the molecule is CCO/N=C(\C(=O)N[C@@H]1C(=O)N2C(C(=O)O)=C(C[n+]3ccn4c(NCCN)cccc43)CS[C@H]12)c1csc(N)n1. The van der Waals surface area contributed by atoms with Crippen molar-refractivity contribution in [3.63, 3.8) is 0 Å². The predicted octanol–water partition coefficient (Wildman–Crippen LogP) is -0.184. The minimum absolute atomic E-state index is 0.0704. The van der Waals surface area contributed by atoms with Crippen molar-refractivity contribution in [3.05, 3.63) is 52.9 Å². The molecule has 2 amide bonds. The smallest absolute Gasteiger partial charge is 0.352 e. The fourth-order valence-electron chi connectivity index (χ4n) is 4.55. The van der Waals surface area contributed by atoms with Gasteiger partial charge in [-0.15, -0.1) is 23.1 Å². The fourth-order valence-corrected chi connectivity index (χ4v) is 6.43. The molecule has 1 fully saturated rings. The summed E-state index contributed by atoms with van der Waals surface area (Å²) in [5.74, 6) is -1.17. The number of hydrogen-bond donors (Lipinski definition) is 5. The zero-order valence-electron chi connectivity index (χ0n) is 21.4. The number of aliphatic carboxylic acids is 1. The van der Waals surface area contributed by atoms with E-state index in [0.717, 1.165) is 22.8 Å². The molecule has 0 saturated carbocycles. The maximum absolute atomic E-state index is 13.2. The van der Waals surface area contributed by atoms with Gasteiger partial charge in [-0.3, -0.25) is 14.5 Å². The number of carboxylic acids is 1. The summed E-state index contributed by atoms with van der Waals surface area (Å²) in [5, 5.41) is 21.1. The van der Waals surface area contributed by atoms with E-state index in [1.54, 1.807) is 12.3 Å². The van der Waals surface area contributed by atoms with E-state index >= 15 is 0 Å². The molecule has 0 bridgehead atoms. The van der Waals surface area contributed by atoms with E-state index in [9.17, 15) is 19.5 Å². The van der Waals surface area contributed by atoms with E-state index in [1.165, 1.54) is 16.7 Å². The Balaban J connectivity index is 1.36. The van der Waals surface area contributed by atoms with Crippen molar-refractivity contribution in [2.45, 2.75) is 24.9 Å². The summed E-state index contributed by atoms with van der Waals surface area (Å²) in [6, 6.07) is 4.82. The molecule has 0 aliphatic carbocycles. The summed E-state index contributed by atoms with van der Waals surface area (Å²) in [7, 11) is 0. The van der Waals surface area contributed by atoms with Gasteiger partial charge in [-0.05, 0) is 13.0 Å². The standard InChI is InChI=1S/C24H27N9O5S2/c1-2-38-30-17(14-12-40-24(26)28-14)20(34)29-18-21(35)33-19(23(36)37)13(11-39-22(18)33)10-31-8-9-32-15(27-7-6-25)4-3-5-16(31)32/h3-5,8-9,12,18,22H,2,6-7,10-11,25H2,1H3,(H4,26,28,29,34,36,37)/p+1/b30-17-/t18-,22-/m1/s1. The highest BCUT2D eigenvalue weighted by molar-refractivity contribution is 8.00. The zero-order valence-corrected chi connectivity index (χ0v) is 23.1. The maximum Gasteiger partial charge on any atom is 0.352 e. The second-order valence-electron chi connectivity index (χ2n) is 8.83. The monoisotopic (exact) mass is 586 g/mol. The van der Waals surface area contributed by atoms with E-state index in [1.807, 2.05) is 39.6 Å². The number of oxime groups is 1. The normalized spacial score (nSPS) is 18.9. The molecule has 2 aliphatic heterocycles. The molecule has 7 N–H and O–H groups in total. The average molecular weight is 587 g/mol. The number of anilines is 2. The third kappa shape index (κ3) is 5.07. The number of amides is 2. The van der Waals surface area contributed by atoms with Crippen LogP contribution in [-0.4, -0.2) is 79.8 Å². The van der Waals surface area contributed by atoms with Crippen LogP contribution in [0.25, 0.3) is 5.65 Å². The zero-order chi connectivity index (χ0) is 28.4. The van der Waals surface area contributed by atoms with Crippen molar-refractivity contribution in [2.24, 2.45) is 10.9 Å². The van der Waals surface area contributed by atoms with Crippen LogP contribution in [0.3, 0.4) is 0 Å². The lowest BCUT2D eigenvalue weighted by molar-refractivity contribution is -0.662. The van der Waals surface area contributed by atoms with Crippen molar-refractivity contribution in [3.8, 4) is 0 Å². The first kappa shape index (κ1) is 27.4. The first-order chi connectivity index (χ1) is 19.3. The van der Waals surface area contributed by atoms with Crippen molar-refractivity contribution < 1.29 is 28.9 Å². The number of rotatable bonds is 11. The van der Waals surface area contributed by atoms with Gasteiger partial charge in [-0.2, -0.15) is 4.40 Å². The van der Waals surface area contributed by atoms with Gasteiger partial charge < -0.3 is 32.0 Å². The van der Waals surface area contributed by atoms with Crippen LogP contribution in [0.4, 0.5) is 10.9 Å². The van der Waals surface area contributed by atoms with Gasteiger partial charge in [-0.25, -0.2) is 14.3 Å². The molecule has 1 saturated heterocycles. The van der Waals surface area contributed by atoms with Crippen molar-refractivity contribution in [1.29, 1.82) is 0 Å². The molecule has 210 valence electrons. The lowest BCUT2D eigenvalue weighted by atomic mass is 10.0. The first-order valence-corrected chi connectivity index (χ1v) is 14.3. The Morgan fingerprint density at radius 3 is 2.90 bits per heavy atom. The molecule has 2 atom stereocenters. The van der Waals surface area contributed by atoms with E-state index < -0.39 is 29.2 Å². The number of carboxylic acid groups (broad SMARTS) is 1. The van der Waals surface area contributed by atoms with E-state index in [2.05, 4.69) is 20.8 Å². The first-order valence-electron chi connectivity index (χ1n) is 12.4. The summed E-state index contributed by atoms with van der Waals surface area (Å²) < 4.78 is 3.87. The van der Waals surface area contributed by atoms with Crippen LogP contribution in [0.15, 0.2) is 52.4 Å². The number of aromatic nitrogens is 3. The van der Waals surface area contributed by atoms with Gasteiger partial charge in [0, 0.05) is 41.9 Å². The predicted molar refractivity (Wildman–Crippen MR) is 150 cm³/mol. The Morgan fingerprint density at radius 2 is 2.20 bits per heavy atom. The fraction of sp³-hybridized carbons (Fsp3) is 0.333. The number of nitrogen functional groups attached to an aromatic ring is 1. The van der Waals surface area contributed by atoms with Crippen LogP contribution in [0.5, 0.6) is 0 Å². The van der Waals surface area contributed by atoms with Crippen molar-refractivity contribution in [2.75, 3.05) is 36.5 Å². The van der Waals surface area contributed by atoms with E-state index in [0.29, 0.717) is 24.4 Å². The Labute approximate surface area is 236 Å². The molecule has 0 unspecified atom stereocenters. The average Bonchev–Trinajstić information content (AvgIpc) is 3.56. The highest BCUT2D eigenvalue weighted by Gasteiger charge is 2.54. The van der Waals surface area contributed by atoms with Gasteiger partial charge in [0.25, 0.3) is 17.5 Å². The summed E-state index contributed by atoms with van der Waals surface area (Å²) in [6.07, 6.45) is 3.74. The van der Waals surface area contributed by atoms with Gasteiger partial charge in [0.2, 0.25) is 0 Å². The number of fused-ring (bicyclic) bond motifs is 2. The number of nitrogens with zero attached hydrogens (tertiary/aromatic N) is 5. The second-order valence-corrected chi connectivity index (χ2v) is 10.8. The number of pyridine rings is 1. The summed E-state index contributed by atoms with van der Waals surface area (Å²) in [4.78, 5) is 49.0. The number of carbonyl (C=O) groups excluding carboxylic acids is 2. The molecule has 40 heavy (non-hydrogen) atoms.